The quantitative estimate of drug-likeness (QED) is 0.661. The van der Waals surface area contributed by atoms with E-state index >= 15 is 0 Å². The maximum Gasteiger partial charge on any atom is 0.282 e. The second-order valence-electron chi connectivity index (χ2n) is 3.56. The topological polar surface area (TPSA) is 98.3 Å². The van der Waals surface area contributed by atoms with Crippen LogP contribution in [0.15, 0.2) is 34.9 Å². The van der Waals surface area contributed by atoms with Crippen molar-refractivity contribution in [3.63, 3.8) is 0 Å². The molecular weight excluding hydrogens is 238 g/mol. The van der Waals surface area contributed by atoms with Crippen molar-refractivity contribution >= 4 is 17.5 Å². The highest BCUT2D eigenvalue weighted by molar-refractivity contribution is 6.06. The van der Waals surface area contributed by atoms with Crippen molar-refractivity contribution in [1.82, 2.24) is 5.16 Å². The van der Waals surface area contributed by atoms with Crippen LogP contribution in [0.3, 0.4) is 0 Å². The van der Waals surface area contributed by atoms with Gasteiger partial charge in [-0.05, 0) is 13.0 Å². The molecule has 7 nitrogen and oxygen atoms in total. The monoisotopic (exact) mass is 247 g/mol. The number of nitrogens with zero attached hydrogens (tertiary/aromatic N) is 2. The summed E-state index contributed by atoms with van der Waals surface area (Å²) < 4.78 is 4.80. The van der Waals surface area contributed by atoms with Crippen LogP contribution in [0, 0.1) is 17.0 Å². The Hall–Kier alpha value is -2.70. The average Bonchev–Trinajstić information content (AvgIpc) is 2.74. The number of para-hydroxylation sites is 1. The van der Waals surface area contributed by atoms with E-state index in [1.165, 1.54) is 24.3 Å². The molecular formula is C11H9N3O4. The number of benzene rings is 1. The number of carbonyl (C=O) groups is 1. The van der Waals surface area contributed by atoms with Gasteiger partial charge in [0.1, 0.15) is 5.56 Å². The smallest absolute Gasteiger partial charge is 0.282 e. The van der Waals surface area contributed by atoms with Gasteiger partial charge in [-0.15, -0.1) is 0 Å². The molecule has 0 saturated carbocycles. The van der Waals surface area contributed by atoms with Crippen molar-refractivity contribution in [2.75, 3.05) is 5.32 Å². The van der Waals surface area contributed by atoms with Gasteiger partial charge in [0.05, 0.1) is 10.6 Å². The Bertz CT molecular complexity index is 606. The minimum atomic E-state index is -0.613. The first-order valence-electron chi connectivity index (χ1n) is 5.06. The molecule has 0 aliphatic rings. The minimum absolute atomic E-state index is 0.0310. The molecule has 0 radical (unpaired) electrons. The van der Waals surface area contributed by atoms with E-state index in [9.17, 15) is 14.9 Å². The van der Waals surface area contributed by atoms with Gasteiger partial charge in [-0.3, -0.25) is 20.2 Å². The summed E-state index contributed by atoms with van der Waals surface area (Å²) in [6, 6.07) is 7.20. The molecule has 1 aromatic carbocycles. The Balaban J connectivity index is 2.26. The molecule has 0 bridgehead atoms. The van der Waals surface area contributed by atoms with E-state index in [-0.39, 0.29) is 17.1 Å². The number of hydrogen-bond acceptors (Lipinski definition) is 5. The van der Waals surface area contributed by atoms with Crippen molar-refractivity contribution < 1.29 is 14.2 Å². The molecule has 2 aromatic rings. The summed E-state index contributed by atoms with van der Waals surface area (Å²) in [5.41, 5.74) is 0.315. The second-order valence-corrected chi connectivity index (χ2v) is 3.56. The van der Waals surface area contributed by atoms with Crippen LogP contribution in [0.1, 0.15) is 16.1 Å². The summed E-state index contributed by atoms with van der Waals surface area (Å²) in [5.74, 6) is -0.464. The summed E-state index contributed by atoms with van der Waals surface area (Å²) in [4.78, 5) is 22.0. The van der Waals surface area contributed by atoms with Gasteiger partial charge >= 0.3 is 0 Å². The van der Waals surface area contributed by atoms with E-state index in [1.807, 2.05) is 0 Å². The predicted molar refractivity (Wildman–Crippen MR) is 62.3 cm³/mol. The molecule has 0 spiro atoms. The van der Waals surface area contributed by atoms with E-state index in [0.717, 1.165) is 0 Å². The lowest BCUT2D eigenvalue weighted by Crippen LogP contribution is -2.13. The maximum absolute atomic E-state index is 11.8. The largest absolute Gasteiger partial charge is 0.338 e. The summed E-state index contributed by atoms with van der Waals surface area (Å²) in [6.07, 6.45) is 0. The molecule has 0 saturated heterocycles. The summed E-state index contributed by atoms with van der Waals surface area (Å²) >= 11 is 0. The lowest BCUT2D eigenvalue weighted by Gasteiger charge is -2.01. The lowest BCUT2D eigenvalue weighted by atomic mass is 10.1. The lowest BCUT2D eigenvalue weighted by molar-refractivity contribution is -0.385. The molecule has 1 N–H and O–H groups in total. The molecule has 0 atom stereocenters. The Morgan fingerprint density at radius 1 is 1.44 bits per heavy atom. The Kier molecular flexibility index (Phi) is 3.05. The Morgan fingerprint density at radius 2 is 2.17 bits per heavy atom. The number of anilines is 1. The van der Waals surface area contributed by atoms with Crippen molar-refractivity contribution in [2.45, 2.75) is 6.92 Å². The second kappa shape index (κ2) is 4.66. The molecule has 1 heterocycles. The van der Waals surface area contributed by atoms with Crippen LogP contribution in [0.5, 0.6) is 0 Å². The number of nitro groups is 1. The third kappa shape index (κ3) is 2.34. The van der Waals surface area contributed by atoms with Gasteiger partial charge in [-0.2, -0.15) is 0 Å². The fourth-order valence-corrected chi connectivity index (χ4v) is 1.43. The average molecular weight is 247 g/mol. The summed E-state index contributed by atoms with van der Waals surface area (Å²) in [7, 11) is 0. The maximum atomic E-state index is 11.8. The number of hydrogen-bond donors (Lipinski definition) is 1. The number of rotatable bonds is 3. The van der Waals surface area contributed by atoms with Gasteiger partial charge in [-0.25, -0.2) is 0 Å². The summed E-state index contributed by atoms with van der Waals surface area (Å²) in [6.45, 7) is 1.70. The SMILES string of the molecule is Cc1cc(NC(=O)c2ccccc2[N+](=O)[O-])on1. The third-order valence-corrected chi connectivity index (χ3v) is 2.21. The third-order valence-electron chi connectivity index (χ3n) is 2.21. The molecule has 1 aromatic heterocycles. The highest BCUT2D eigenvalue weighted by Crippen LogP contribution is 2.19. The highest BCUT2D eigenvalue weighted by atomic mass is 16.6. The van der Waals surface area contributed by atoms with E-state index in [0.29, 0.717) is 5.69 Å². The molecule has 2 rings (SSSR count). The minimum Gasteiger partial charge on any atom is -0.338 e. The molecule has 92 valence electrons. The van der Waals surface area contributed by atoms with Crippen LogP contribution in [0.25, 0.3) is 0 Å². The Labute approximate surface area is 102 Å². The normalized spacial score (nSPS) is 10.1. The van der Waals surface area contributed by atoms with Crippen molar-refractivity contribution in [1.29, 1.82) is 0 Å². The number of aromatic nitrogens is 1. The van der Waals surface area contributed by atoms with Crippen LogP contribution in [-0.2, 0) is 0 Å². The van der Waals surface area contributed by atoms with E-state index in [1.54, 1.807) is 13.0 Å². The zero-order chi connectivity index (χ0) is 13.1. The van der Waals surface area contributed by atoms with E-state index < -0.39 is 10.8 Å². The molecule has 7 heteroatoms. The number of aryl methyl sites for hydroxylation is 1. The summed E-state index contributed by atoms with van der Waals surface area (Å²) in [5, 5.41) is 16.8. The fourth-order valence-electron chi connectivity index (χ4n) is 1.43. The predicted octanol–water partition coefficient (Wildman–Crippen LogP) is 2.14. The molecule has 0 aliphatic carbocycles. The molecule has 18 heavy (non-hydrogen) atoms. The van der Waals surface area contributed by atoms with Gasteiger partial charge < -0.3 is 4.52 Å². The first-order chi connectivity index (χ1) is 8.58. The van der Waals surface area contributed by atoms with Crippen LogP contribution in [0.2, 0.25) is 0 Å². The number of carbonyl (C=O) groups excluding carboxylic acids is 1. The van der Waals surface area contributed by atoms with Crippen molar-refractivity contribution in [3.8, 4) is 0 Å². The van der Waals surface area contributed by atoms with Gasteiger partial charge in [-0.1, -0.05) is 17.3 Å². The highest BCUT2D eigenvalue weighted by Gasteiger charge is 2.20. The van der Waals surface area contributed by atoms with Gasteiger partial charge in [0.15, 0.2) is 0 Å². The van der Waals surface area contributed by atoms with Gasteiger partial charge in [0.25, 0.3) is 11.6 Å². The van der Waals surface area contributed by atoms with Crippen LogP contribution >= 0.6 is 0 Å². The number of nitrogens with one attached hydrogen (secondary N) is 1. The molecule has 0 aliphatic heterocycles. The Morgan fingerprint density at radius 3 is 2.78 bits per heavy atom. The standard InChI is InChI=1S/C11H9N3O4/c1-7-6-10(18-13-7)12-11(15)8-4-2-3-5-9(8)14(16)17/h2-6H,1H3,(H,12,15). The van der Waals surface area contributed by atoms with Crippen molar-refractivity contribution in [3.05, 3.63) is 51.7 Å². The molecule has 0 fully saturated rings. The molecule has 0 unspecified atom stereocenters. The zero-order valence-corrected chi connectivity index (χ0v) is 9.41. The first-order valence-corrected chi connectivity index (χ1v) is 5.06. The van der Waals surface area contributed by atoms with Crippen LogP contribution < -0.4 is 5.32 Å². The van der Waals surface area contributed by atoms with E-state index in [4.69, 9.17) is 4.52 Å². The van der Waals surface area contributed by atoms with Crippen LogP contribution in [0.4, 0.5) is 11.6 Å². The molecule has 1 amide bonds. The fraction of sp³-hybridized carbons (Fsp3) is 0.0909. The van der Waals surface area contributed by atoms with Gasteiger partial charge in [0.2, 0.25) is 5.88 Å². The van der Waals surface area contributed by atoms with E-state index in [2.05, 4.69) is 10.5 Å². The number of nitro benzene ring substituents is 1. The zero-order valence-electron chi connectivity index (χ0n) is 9.41. The number of amides is 1. The first kappa shape index (κ1) is 11.8. The van der Waals surface area contributed by atoms with Gasteiger partial charge in [0, 0.05) is 12.1 Å². The van der Waals surface area contributed by atoms with Crippen LogP contribution in [-0.4, -0.2) is 16.0 Å². The van der Waals surface area contributed by atoms with Crippen molar-refractivity contribution in [2.24, 2.45) is 0 Å².